The molecule has 2 amide bonds. The van der Waals surface area contributed by atoms with Gasteiger partial charge in [-0.1, -0.05) is 0 Å². The number of hydrogen-bond acceptors (Lipinski definition) is 6. The largest absolute Gasteiger partial charge is 0.459 e. The van der Waals surface area contributed by atoms with E-state index in [1.807, 2.05) is 11.9 Å². The number of nitrogens with one attached hydrogen (secondary N) is 2. The summed E-state index contributed by atoms with van der Waals surface area (Å²) < 4.78 is 4.94. The molecule has 1 aliphatic rings. The molecule has 1 saturated heterocycles. The first kappa shape index (κ1) is 15.7. The molecule has 0 aromatic carbocycles. The Kier molecular flexibility index (Phi) is 5.91. The maximum atomic E-state index is 11.8. The van der Waals surface area contributed by atoms with Crippen molar-refractivity contribution in [1.82, 2.24) is 20.4 Å². The molecule has 7 heteroatoms. The molecule has 1 aromatic rings. The van der Waals surface area contributed by atoms with Crippen molar-refractivity contribution in [1.29, 1.82) is 0 Å². The topological polar surface area (TPSA) is 77.8 Å². The van der Waals surface area contributed by atoms with E-state index in [2.05, 4.69) is 15.5 Å². The highest BCUT2D eigenvalue weighted by Gasteiger charge is 2.15. The van der Waals surface area contributed by atoms with E-state index in [0.29, 0.717) is 0 Å². The van der Waals surface area contributed by atoms with E-state index in [0.717, 1.165) is 39.3 Å². The molecule has 2 N–H and O–H groups in total. The molecule has 21 heavy (non-hydrogen) atoms. The van der Waals surface area contributed by atoms with E-state index < -0.39 is 5.91 Å². The van der Waals surface area contributed by atoms with Gasteiger partial charge < -0.3 is 9.73 Å². The number of carbonyl (C=O) groups is 2. The van der Waals surface area contributed by atoms with Crippen molar-refractivity contribution < 1.29 is 14.0 Å². The zero-order valence-electron chi connectivity index (χ0n) is 12.3. The lowest BCUT2D eigenvalue weighted by molar-refractivity contribution is -0.121. The Bertz CT molecular complexity index is 455. The number of piperazine rings is 1. The standard InChI is InChI=1S/C14H22N4O3/c1-17(8-9-18-6-4-15-5-7-18)11-13(19)16-14(20)12-3-2-10-21-12/h2-3,10,15H,4-9,11H2,1H3,(H,16,19,20). The molecular weight excluding hydrogens is 272 g/mol. The monoisotopic (exact) mass is 294 g/mol. The molecule has 0 saturated carbocycles. The van der Waals surface area contributed by atoms with E-state index in [-0.39, 0.29) is 18.2 Å². The fourth-order valence-corrected chi connectivity index (χ4v) is 2.21. The van der Waals surface area contributed by atoms with E-state index in [9.17, 15) is 9.59 Å². The lowest BCUT2D eigenvalue weighted by Gasteiger charge is -2.28. The molecule has 0 bridgehead atoms. The molecule has 0 radical (unpaired) electrons. The van der Waals surface area contributed by atoms with Gasteiger partial charge in [0.15, 0.2) is 5.76 Å². The average molecular weight is 294 g/mol. The third-order valence-corrected chi connectivity index (χ3v) is 3.42. The van der Waals surface area contributed by atoms with Gasteiger partial charge in [-0.3, -0.25) is 24.7 Å². The summed E-state index contributed by atoms with van der Waals surface area (Å²) in [5, 5.41) is 5.62. The van der Waals surface area contributed by atoms with Crippen LogP contribution in [0.4, 0.5) is 0 Å². The van der Waals surface area contributed by atoms with Crippen LogP contribution in [-0.4, -0.2) is 74.5 Å². The lowest BCUT2D eigenvalue weighted by Crippen LogP contribution is -2.47. The summed E-state index contributed by atoms with van der Waals surface area (Å²) in [6.45, 7) is 6.02. The molecule has 2 rings (SSSR count). The van der Waals surface area contributed by atoms with Crippen LogP contribution in [0.2, 0.25) is 0 Å². The van der Waals surface area contributed by atoms with Crippen molar-refractivity contribution in [3.63, 3.8) is 0 Å². The molecule has 0 unspecified atom stereocenters. The third kappa shape index (κ3) is 5.30. The minimum absolute atomic E-state index is 0.145. The van der Waals surface area contributed by atoms with Crippen molar-refractivity contribution in [2.24, 2.45) is 0 Å². The van der Waals surface area contributed by atoms with E-state index in [1.165, 1.54) is 12.3 Å². The predicted molar refractivity (Wildman–Crippen MR) is 78.0 cm³/mol. The number of imide groups is 1. The van der Waals surface area contributed by atoms with Gasteiger partial charge in [0.1, 0.15) is 0 Å². The Balaban J connectivity index is 1.65. The average Bonchev–Trinajstić information content (AvgIpc) is 3.00. The molecule has 2 heterocycles. The molecule has 7 nitrogen and oxygen atoms in total. The van der Waals surface area contributed by atoms with Gasteiger partial charge in [-0.15, -0.1) is 0 Å². The molecule has 1 aliphatic heterocycles. The number of carbonyl (C=O) groups excluding carboxylic acids is 2. The summed E-state index contributed by atoms with van der Waals surface area (Å²) in [4.78, 5) is 27.7. The van der Waals surface area contributed by atoms with Gasteiger partial charge in [0.05, 0.1) is 12.8 Å². The van der Waals surface area contributed by atoms with Crippen molar-refractivity contribution in [3.05, 3.63) is 24.2 Å². The zero-order chi connectivity index (χ0) is 15.1. The van der Waals surface area contributed by atoms with Crippen LogP contribution < -0.4 is 10.6 Å². The normalized spacial score (nSPS) is 16.1. The molecule has 0 spiro atoms. The second kappa shape index (κ2) is 7.92. The third-order valence-electron chi connectivity index (χ3n) is 3.42. The quantitative estimate of drug-likeness (QED) is 0.728. The maximum absolute atomic E-state index is 11.8. The van der Waals surface area contributed by atoms with Crippen LogP contribution in [0.15, 0.2) is 22.8 Å². The first-order valence-electron chi connectivity index (χ1n) is 7.14. The minimum Gasteiger partial charge on any atom is -0.459 e. The summed E-state index contributed by atoms with van der Waals surface area (Å²) in [7, 11) is 1.87. The fourth-order valence-electron chi connectivity index (χ4n) is 2.21. The van der Waals surface area contributed by atoms with Crippen LogP contribution in [0, 0.1) is 0 Å². The summed E-state index contributed by atoms with van der Waals surface area (Å²) in [5.74, 6) is -0.675. The van der Waals surface area contributed by atoms with E-state index >= 15 is 0 Å². The van der Waals surface area contributed by atoms with Gasteiger partial charge in [0.25, 0.3) is 5.91 Å². The van der Waals surface area contributed by atoms with Gasteiger partial charge in [0, 0.05) is 39.3 Å². The maximum Gasteiger partial charge on any atom is 0.293 e. The van der Waals surface area contributed by atoms with Gasteiger partial charge in [0.2, 0.25) is 5.91 Å². The molecular formula is C14H22N4O3. The predicted octanol–water partition coefficient (Wildman–Crippen LogP) is -0.627. The highest BCUT2D eigenvalue weighted by molar-refractivity contribution is 6.03. The van der Waals surface area contributed by atoms with Gasteiger partial charge in [-0.25, -0.2) is 0 Å². The van der Waals surface area contributed by atoms with Crippen molar-refractivity contribution in [2.75, 3.05) is 52.9 Å². The lowest BCUT2D eigenvalue weighted by atomic mass is 10.3. The highest BCUT2D eigenvalue weighted by atomic mass is 16.3. The zero-order valence-corrected chi connectivity index (χ0v) is 12.3. The summed E-state index contributed by atoms with van der Waals surface area (Å²) in [6, 6.07) is 3.13. The van der Waals surface area contributed by atoms with Crippen molar-refractivity contribution >= 4 is 11.8 Å². The van der Waals surface area contributed by atoms with Crippen LogP contribution in [0.1, 0.15) is 10.6 Å². The van der Waals surface area contributed by atoms with Crippen LogP contribution in [0.3, 0.4) is 0 Å². The summed E-state index contributed by atoms with van der Waals surface area (Å²) >= 11 is 0. The van der Waals surface area contributed by atoms with Gasteiger partial charge >= 0.3 is 0 Å². The summed E-state index contributed by atoms with van der Waals surface area (Å²) in [5.41, 5.74) is 0. The Morgan fingerprint density at radius 1 is 1.43 bits per heavy atom. The second-order valence-electron chi connectivity index (χ2n) is 5.18. The number of amides is 2. The molecule has 0 aliphatic carbocycles. The van der Waals surface area contributed by atoms with Crippen LogP contribution >= 0.6 is 0 Å². The first-order chi connectivity index (χ1) is 10.1. The Morgan fingerprint density at radius 2 is 2.19 bits per heavy atom. The molecule has 0 atom stereocenters. The van der Waals surface area contributed by atoms with E-state index in [4.69, 9.17) is 4.42 Å². The molecule has 1 fully saturated rings. The first-order valence-corrected chi connectivity index (χ1v) is 7.14. The van der Waals surface area contributed by atoms with Crippen LogP contribution in [0.5, 0.6) is 0 Å². The number of furan rings is 1. The van der Waals surface area contributed by atoms with Crippen LogP contribution in [-0.2, 0) is 4.79 Å². The highest BCUT2D eigenvalue weighted by Crippen LogP contribution is 1.99. The number of hydrogen-bond donors (Lipinski definition) is 2. The van der Waals surface area contributed by atoms with Crippen molar-refractivity contribution in [2.45, 2.75) is 0 Å². The fraction of sp³-hybridized carbons (Fsp3) is 0.571. The van der Waals surface area contributed by atoms with Crippen molar-refractivity contribution in [3.8, 4) is 0 Å². The summed E-state index contributed by atoms with van der Waals surface area (Å²) in [6.07, 6.45) is 1.40. The van der Waals surface area contributed by atoms with Gasteiger partial charge in [-0.05, 0) is 19.2 Å². The Labute approximate surface area is 124 Å². The number of nitrogens with zero attached hydrogens (tertiary/aromatic N) is 2. The minimum atomic E-state index is -0.500. The van der Waals surface area contributed by atoms with Gasteiger partial charge in [-0.2, -0.15) is 0 Å². The number of likely N-dealkylation sites (N-methyl/N-ethyl adjacent to an activating group) is 1. The molecule has 1 aromatic heterocycles. The second-order valence-corrected chi connectivity index (χ2v) is 5.18. The van der Waals surface area contributed by atoms with E-state index in [1.54, 1.807) is 6.07 Å². The van der Waals surface area contributed by atoms with Crippen LogP contribution in [0.25, 0.3) is 0 Å². The Morgan fingerprint density at radius 3 is 2.86 bits per heavy atom. The molecule has 116 valence electrons. The SMILES string of the molecule is CN(CCN1CCNCC1)CC(=O)NC(=O)c1ccco1. The Hall–Kier alpha value is -1.70. The number of rotatable bonds is 6. The smallest absolute Gasteiger partial charge is 0.293 e.